The number of ether oxygens (including phenoxy) is 1. The fourth-order valence-corrected chi connectivity index (χ4v) is 4.75. The van der Waals surface area contributed by atoms with Crippen molar-refractivity contribution in [2.24, 2.45) is 17.8 Å². The van der Waals surface area contributed by atoms with Gasteiger partial charge in [-0.3, -0.25) is 0 Å². The highest BCUT2D eigenvalue weighted by molar-refractivity contribution is 5.28. The Morgan fingerprint density at radius 2 is 1.90 bits per heavy atom. The molecule has 0 radical (unpaired) electrons. The quantitative estimate of drug-likeness (QED) is 0.908. The largest absolute Gasteiger partial charge is 0.381 e. The fraction of sp³-hybridized carbons (Fsp3) is 0.667. The van der Waals surface area contributed by atoms with E-state index in [-0.39, 0.29) is 0 Å². The molecule has 1 N–H and O–H groups in total. The van der Waals surface area contributed by atoms with Crippen LogP contribution >= 0.6 is 0 Å². The predicted molar refractivity (Wildman–Crippen MR) is 80.7 cm³/mol. The van der Waals surface area contributed by atoms with Crippen LogP contribution in [0, 0.1) is 17.8 Å². The van der Waals surface area contributed by atoms with E-state index in [1.54, 1.807) is 5.56 Å². The second-order valence-electron chi connectivity index (χ2n) is 6.86. The van der Waals surface area contributed by atoms with Crippen LogP contribution in [0.25, 0.3) is 0 Å². The van der Waals surface area contributed by atoms with E-state index in [9.17, 15) is 0 Å². The zero-order valence-corrected chi connectivity index (χ0v) is 12.1. The summed E-state index contributed by atoms with van der Waals surface area (Å²) < 4.78 is 5.50. The van der Waals surface area contributed by atoms with Crippen molar-refractivity contribution in [3.8, 4) is 0 Å². The molecule has 0 amide bonds. The molecule has 0 aromatic heterocycles. The predicted octanol–water partition coefficient (Wildman–Crippen LogP) is 3.19. The summed E-state index contributed by atoms with van der Waals surface area (Å²) in [6.07, 6.45) is 5.55. The Morgan fingerprint density at radius 1 is 1.05 bits per heavy atom. The van der Waals surface area contributed by atoms with E-state index >= 15 is 0 Å². The molecule has 108 valence electrons. The van der Waals surface area contributed by atoms with Crippen molar-refractivity contribution in [2.45, 2.75) is 37.6 Å². The van der Waals surface area contributed by atoms with E-state index in [0.29, 0.717) is 6.04 Å². The summed E-state index contributed by atoms with van der Waals surface area (Å²) in [4.78, 5) is 0. The fourth-order valence-electron chi connectivity index (χ4n) is 4.75. The van der Waals surface area contributed by atoms with Gasteiger partial charge < -0.3 is 10.1 Å². The van der Waals surface area contributed by atoms with Crippen molar-refractivity contribution in [3.05, 3.63) is 35.9 Å². The van der Waals surface area contributed by atoms with E-state index in [2.05, 4.69) is 35.6 Å². The lowest BCUT2D eigenvalue weighted by molar-refractivity contribution is 0.0902. The standard InChI is InChI=1S/C18H25NO/c1-2-5-14(6-3-1)17-15-7-4-8-16(15)18(17)19-11-13-9-10-20-12-13/h1-3,5-6,13,15-19H,4,7-12H2/t13-,15-,16-,17+,18+/m0/s1. The third kappa shape index (κ3) is 2.19. The molecule has 5 atom stereocenters. The molecule has 1 aromatic carbocycles. The zero-order valence-electron chi connectivity index (χ0n) is 12.1. The normalized spacial score (nSPS) is 39.5. The Bertz CT molecular complexity index is 440. The monoisotopic (exact) mass is 271 g/mol. The summed E-state index contributed by atoms with van der Waals surface area (Å²) in [5, 5.41) is 3.90. The summed E-state index contributed by atoms with van der Waals surface area (Å²) in [6.45, 7) is 3.08. The van der Waals surface area contributed by atoms with Gasteiger partial charge in [0.15, 0.2) is 0 Å². The van der Waals surface area contributed by atoms with Crippen molar-refractivity contribution in [1.82, 2.24) is 5.32 Å². The van der Waals surface area contributed by atoms with Crippen LogP contribution in [0.15, 0.2) is 30.3 Å². The van der Waals surface area contributed by atoms with Crippen LogP contribution in [0.1, 0.15) is 37.2 Å². The number of hydrogen-bond acceptors (Lipinski definition) is 2. The van der Waals surface area contributed by atoms with Gasteiger partial charge in [-0.1, -0.05) is 36.8 Å². The highest BCUT2D eigenvalue weighted by Gasteiger charge is 2.52. The molecule has 1 saturated heterocycles. The van der Waals surface area contributed by atoms with Crippen LogP contribution in [0.5, 0.6) is 0 Å². The maximum absolute atomic E-state index is 5.50. The molecule has 1 aromatic rings. The molecule has 4 rings (SSSR count). The number of hydrogen-bond donors (Lipinski definition) is 1. The Kier molecular flexibility index (Phi) is 3.53. The molecule has 3 fully saturated rings. The first-order chi connectivity index (χ1) is 9.93. The highest BCUT2D eigenvalue weighted by Crippen LogP contribution is 2.55. The van der Waals surface area contributed by atoms with Crippen LogP contribution in [0.3, 0.4) is 0 Å². The lowest BCUT2D eigenvalue weighted by atomic mass is 9.59. The number of nitrogens with one attached hydrogen (secondary N) is 1. The average molecular weight is 271 g/mol. The van der Waals surface area contributed by atoms with E-state index in [1.165, 1.54) is 25.7 Å². The van der Waals surface area contributed by atoms with Gasteiger partial charge in [-0.05, 0) is 42.6 Å². The van der Waals surface area contributed by atoms with Crippen LogP contribution in [-0.4, -0.2) is 25.8 Å². The molecule has 1 heterocycles. The topological polar surface area (TPSA) is 21.3 Å². The van der Waals surface area contributed by atoms with Gasteiger partial charge in [-0.2, -0.15) is 0 Å². The first-order valence-electron chi connectivity index (χ1n) is 8.29. The van der Waals surface area contributed by atoms with Gasteiger partial charge in [0, 0.05) is 25.1 Å². The van der Waals surface area contributed by atoms with Crippen LogP contribution < -0.4 is 5.32 Å². The Hall–Kier alpha value is -0.860. The molecule has 3 aliphatic rings. The lowest BCUT2D eigenvalue weighted by Crippen LogP contribution is -2.55. The molecule has 2 saturated carbocycles. The molecule has 2 nitrogen and oxygen atoms in total. The van der Waals surface area contributed by atoms with Gasteiger partial charge >= 0.3 is 0 Å². The minimum Gasteiger partial charge on any atom is -0.381 e. The maximum atomic E-state index is 5.50. The molecule has 20 heavy (non-hydrogen) atoms. The number of fused-ring (bicyclic) bond motifs is 1. The Morgan fingerprint density at radius 3 is 2.70 bits per heavy atom. The Balaban J connectivity index is 1.45. The van der Waals surface area contributed by atoms with Crippen molar-refractivity contribution in [2.75, 3.05) is 19.8 Å². The van der Waals surface area contributed by atoms with E-state index in [4.69, 9.17) is 4.74 Å². The van der Waals surface area contributed by atoms with Gasteiger partial charge in [0.1, 0.15) is 0 Å². The van der Waals surface area contributed by atoms with Crippen LogP contribution in [0.4, 0.5) is 0 Å². The lowest BCUT2D eigenvalue weighted by Gasteiger charge is -2.50. The van der Waals surface area contributed by atoms with Gasteiger partial charge in [0.2, 0.25) is 0 Å². The minimum atomic E-state index is 0.713. The van der Waals surface area contributed by atoms with Crippen molar-refractivity contribution >= 4 is 0 Å². The number of benzene rings is 1. The smallest absolute Gasteiger partial charge is 0.0507 e. The molecule has 2 aliphatic carbocycles. The van der Waals surface area contributed by atoms with Gasteiger partial charge in [-0.15, -0.1) is 0 Å². The SMILES string of the molecule is c1ccc([C@@H]2[C@H]3CCC[C@@H]3[C@H]2NC[C@@H]2CCOC2)cc1. The molecule has 1 aliphatic heterocycles. The van der Waals surface area contributed by atoms with Gasteiger partial charge in [0.05, 0.1) is 6.61 Å². The number of rotatable bonds is 4. The third-order valence-electron chi connectivity index (χ3n) is 5.78. The Labute approximate surface area is 121 Å². The summed E-state index contributed by atoms with van der Waals surface area (Å²) >= 11 is 0. The molecule has 0 spiro atoms. The van der Waals surface area contributed by atoms with Crippen LogP contribution in [0.2, 0.25) is 0 Å². The summed E-state index contributed by atoms with van der Waals surface area (Å²) in [5.74, 6) is 3.37. The molecule has 0 bridgehead atoms. The summed E-state index contributed by atoms with van der Waals surface area (Å²) in [7, 11) is 0. The first-order valence-corrected chi connectivity index (χ1v) is 8.29. The molecular weight excluding hydrogens is 246 g/mol. The van der Waals surface area contributed by atoms with Crippen molar-refractivity contribution < 1.29 is 4.74 Å². The second-order valence-corrected chi connectivity index (χ2v) is 6.86. The van der Waals surface area contributed by atoms with E-state index in [0.717, 1.165) is 43.4 Å². The molecular formula is C18H25NO. The first kappa shape index (κ1) is 12.8. The maximum Gasteiger partial charge on any atom is 0.0507 e. The summed E-state index contributed by atoms with van der Waals surface area (Å²) in [6, 6.07) is 11.9. The van der Waals surface area contributed by atoms with Crippen LogP contribution in [-0.2, 0) is 4.74 Å². The zero-order chi connectivity index (χ0) is 13.4. The molecule has 0 unspecified atom stereocenters. The third-order valence-corrected chi connectivity index (χ3v) is 5.78. The average Bonchev–Trinajstić information content (AvgIpc) is 3.11. The van der Waals surface area contributed by atoms with Gasteiger partial charge in [-0.25, -0.2) is 0 Å². The summed E-state index contributed by atoms with van der Waals surface area (Å²) in [5.41, 5.74) is 1.55. The highest BCUT2D eigenvalue weighted by atomic mass is 16.5. The second kappa shape index (κ2) is 5.50. The van der Waals surface area contributed by atoms with E-state index in [1.807, 2.05) is 0 Å². The minimum absolute atomic E-state index is 0.713. The van der Waals surface area contributed by atoms with Crippen molar-refractivity contribution in [3.63, 3.8) is 0 Å². The molecule has 2 heteroatoms. The van der Waals surface area contributed by atoms with E-state index < -0.39 is 0 Å². The van der Waals surface area contributed by atoms with Gasteiger partial charge in [0.25, 0.3) is 0 Å². The van der Waals surface area contributed by atoms with Crippen molar-refractivity contribution in [1.29, 1.82) is 0 Å².